The molecule has 2 unspecified atom stereocenters. The zero-order valence-corrected chi connectivity index (χ0v) is 23.1. The van der Waals surface area contributed by atoms with Crippen molar-refractivity contribution in [3.05, 3.63) is 86.1 Å². The average molecular weight is 540 g/mol. The molecule has 1 N–H and O–H groups in total. The second kappa shape index (κ2) is 10.5. The Morgan fingerprint density at radius 1 is 1.15 bits per heavy atom. The number of rotatable bonds is 5. The molecule has 7 nitrogen and oxygen atoms in total. The van der Waals surface area contributed by atoms with Crippen LogP contribution in [-0.4, -0.2) is 22.5 Å². The summed E-state index contributed by atoms with van der Waals surface area (Å²) in [7, 11) is 1.53. The van der Waals surface area contributed by atoms with E-state index in [1.54, 1.807) is 12.1 Å². The molecule has 2 atom stereocenters. The molecule has 0 radical (unpaired) electrons. The Hall–Kier alpha value is -4.22. The number of nitrogens with one attached hydrogen (secondary N) is 1. The Kier molecular flexibility index (Phi) is 7.11. The van der Waals surface area contributed by atoms with Crippen molar-refractivity contribution >= 4 is 39.0 Å². The number of aryl methyl sites for hydroxylation is 1. The number of benzene rings is 2. The Balaban J connectivity index is 1.47. The van der Waals surface area contributed by atoms with E-state index in [4.69, 9.17) is 4.74 Å². The average Bonchev–Trinajstić information content (AvgIpc) is 3.26. The molecular weight excluding hydrogens is 510 g/mol. The van der Waals surface area contributed by atoms with Gasteiger partial charge in [0.05, 0.1) is 5.56 Å². The van der Waals surface area contributed by atoms with Crippen LogP contribution in [0.4, 0.5) is 5.00 Å². The number of thiophene rings is 1. The molecule has 2 heterocycles. The van der Waals surface area contributed by atoms with Gasteiger partial charge in [0.1, 0.15) is 16.8 Å². The predicted octanol–water partition coefficient (Wildman–Crippen LogP) is 5.76. The van der Waals surface area contributed by atoms with E-state index in [9.17, 15) is 19.6 Å². The number of hydrogen-bond donors (Lipinski definition) is 1. The molecule has 2 aromatic heterocycles. The third kappa shape index (κ3) is 4.86. The normalized spacial score (nSPS) is 15.3. The number of carbonyl (C=O) groups excluding carboxylic acids is 2. The summed E-state index contributed by atoms with van der Waals surface area (Å²) in [5.41, 5.74) is 3.62. The van der Waals surface area contributed by atoms with Gasteiger partial charge in [0.2, 0.25) is 0 Å². The van der Waals surface area contributed by atoms with Gasteiger partial charge >= 0.3 is 5.97 Å². The van der Waals surface area contributed by atoms with Gasteiger partial charge in [0.25, 0.3) is 11.5 Å². The van der Waals surface area contributed by atoms with Gasteiger partial charge in [-0.25, -0.2) is 4.79 Å². The number of pyridine rings is 1. The van der Waals surface area contributed by atoms with Gasteiger partial charge in [-0.3, -0.25) is 9.59 Å². The molecule has 1 aliphatic rings. The van der Waals surface area contributed by atoms with E-state index >= 15 is 0 Å². The molecule has 1 aliphatic carbocycles. The van der Waals surface area contributed by atoms with Crippen LogP contribution < -0.4 is 10.9 Å². The SMILES string of the molecule is Cc1ccc(-c2c(C(=O)OC(C)C(=O)Nc3sc4c(c3C#N)CCC(C)C4)n(C)c(=O)c3ccccc23)cc1. The number of fused-ring (bicyclic) bond motifs is 2. The highest BCUT2D eigenvalue weighted by atomic mass is 32.1. The van der Waals surface area contributed by atoms with Gasteiger partial charge in [-0.05, 0) is 61.6 Å². The number of nitriles is 1. The molecule has 39 heavy (non-hydrogen) atoms. The van der Waals surface area contributed by atoms with Crippen molar-refractivity contribution < 1.29 is 14.3 Å². The molecule has 8 heteroatoms. The number of hydrogen-bond acceptors (Lipinski definition) is 6. The Bertz CT molecular complexity index is 1710. The second-order valence-electron chi connectivity index (χ2n) is 10.2. The number of anilines is 1. The van der Waals surface area contributed by atoms with E-state index in [0.717, 1.165) is 40.8 Å². The highest BCUT2D eigenvalue weighted by Gasteiger charge is 2.29. The highest BCUT2D eigenvalue weighted by Crippen LogP contribution is 2.39. The largest absolute Gasteiger partial charge is 0.448 e. The van der Waals surface area contributed by atoms with Crippen LogP contribution in [0.1, 0.15) is 52.3 Å². The lowest BCUT2D eigenvalue weighted by atomic mass is 9.88. The number of aromatic nitrogens is 1. The number of esters is 1. The first-order valence-electron chi connectivity index (χ1n) is 12.9. The summed E-state index contributed by atoms with van der Waals surface area (Å²) in [6.45, 7) is 5.64. The van der Waals surface area contributed by atoms with Crippen LogP contribution in [0.5, 0.6) is 0 Å². The summed E-state index contributed by atoms with van der Waals surface area (Å²) in [4.78, 5) is 41.0. The van der Waals surface area contributed by atoms with Crippen molar-refractivity contribution in [3.63, 3.8) is 0 Å². The molecule has 0 saturated carbocycles. The van der Waals surface area contributed by atoms with Crippen molar-refractivity contribution in [2.24, 2.45) is 13.0 Å². The lowest BCUT2D eigenvalue weighted by Crippen LogP contribution is -2.32. The Morgan fingerprint density at radius 2 is 1.85 bits per heavy atom. The summed E-state index contributed by atoms with van der Waals surface area (Å²) >= 11 is 1.42. The lowest BCUT2D eigenvalue weighted by Gasteiger charge is -2.19. The molecular formula is C31H29N3O4S. The minimum Gasteiger partial charge on any atom is -0.448 e. The minimum atomic E-state index is -1.16. The van der Waals surface area contributed by atoms with Crippen molar-refractivity contribution in [2.75, 3.05) is 5.32 Å². The van der Waals surface area contributed by atoms with E-state index in [2.05, 4.69) is 18.3 Å². The quantitative estimate of drug-likeness (QED) is 0.325. The standard InChI is InChI=1S/C31H29N3O4S/c1-17-9-12-20(13-10-17)26-22-7-5-6-8-23(22)30(36)34(4)27(26)31(37)38-19(3)28(35)33-29-24(16-32)21-14-11-18(2)15-25(21)39-29/h5-10,12-13,18-19H,11,14-15H2,1-4H3,(H,33,35). The molecule has 198 valence electrons. The highest BCUT2D eigenvalue weighted by molar-refractivity contribution is 7.16. The zero-order valence-electron chi connectivity index (χ0n) is 22.3. The van der Waals surface area contributed by atoms with Gasteiger partial charge in [0.15, 0.2) is 6.10 Å². The van der Waals surface area contributed by atoms with Gasteiger partial charge in [0, 0.05) is 22.9 Å². The van der Waals surface area contributed by atoms with Crippen molar-refractivity contribution in [1.29, 1.82) is 5.26 Å². The van der Waals surface area contributed by atoms with Crippen LogP contribution in [0.15, 0.2) is 53.3 Å². The monoisotopic (exact) mass is 539 g/mol. The maximum Gasteiger partial charge on any atom is 0.356 e. The first kappa shape index (κ1) is 26.4. The Morgan fingerprint density at radius 3 is 2.54 bits per heavy atom. The zero-order chi connectivity index (χ0) is 27.8. The van der Waals surface area contributed by atoms with Crippen molar-refractivity contribution in [1.82, 2.24) is 4.57 Å². The molecule has 0 saturated heterocycles. The van der Waals surface area contributed by atoms with Gasteiger partial charge < -0.3 is 14.6 Å². The summed E-state index contributed by atoms with van der Waals surface area (Å²) in [6, 6.07) is 17.1. The van der Waals surface area contributed by atoms with Crippen LogP contribution in [-0.2, 0) is 29.4 Å². The van der Waals surface area contributed by atoms with Crippen LogP contribution in [0.3, 0.4) is 0 Å². The fourth-order valence-corrected chi connectivity index (χ4v) is 6.52. The summed E-state index contributed by atoms with van der Waals surface area (Å²) in [5.74, 6) is -0.782. The molecule has 0 spiro atoms. The van der Waals surface area contributed by atoms with E-state index in [1.807, 2.05) is 43.3 Å². The first-order chi connectivity index (χ1) is 18.7. The topological polar surface area (TPSA) is 101 Å². The van der Waals surface area contributed by atoms with E-state index in [1.165, 1.54) is 29.9 Å². The van der Waals surface area contributed by atoms with Gasteiger partial charge in [-0.1, -0.05) is 55.0 Å². The minimum absolute atomic E-state index is 0.0699. The predicted molar refractivity (Wildman–Crippen MR) is 153 cm³/mol. The maximum absolute atomic E-state index is 13.6. The first-order valence-corrected chi connectivity index (χ1v) is 13.8. The fourth-order valence-electron chi connectivity index (χ4n) is 5.16. The van der Waals surface area contributed by atoms with Gasteiger partial charge in [-0.15, -0.1) is 11.3 Å². The van der Waals surface area contributed by atoms with Gasteiger partial charge in [-0.2, -0.15) is 5.26 Å². The Labute approximate surface area is 230 Å². The maximum atomic E-state index is 13.6. The van der Waals surface area contributed by atoms with Crippen LogP contribution >= 0.6 is 11.3 Å². The number of carbonyl (C=O) groups is 2. The smallest absolute Gasteiger partial charge is 0.356 e. The number of ether oxygens (including phenoxy) is 1. The van der Waals surface area contributed by atoms with Crippen LogP contribution in [0.2, 0.25) is 0 Å². The third-order valence-corrected chi connectivity index (χ3v) is 8.52. The van der Waals surface area contributed by atoms with Crippen molar-refractivity contribution in [2.45, 2.75) is 46.1 Å². The van der Waals surface area contributed by atoms with E-state index < -0.39 is 18.0 Å². The van der Waals surface area contributed by atoms with E-state index in [0.29, 0.717) is 32.8 Å². The molecule has 0 bridgehead atoms. The molecule has 2 aromatic carbocycles. The third-order valence-electron chi connectivity index (χ3n) is 7.35. The molecule has 5 rings (SSSR count). The summed E-state index contributed by atoms with van der Waals surface area (Å²) in [6.07, 6.45) is 1.55. The summed E-state index contributed by atoms with van der Waals surface area (Å²) in [5, 5.41) is 14.2. The van der Waals surface area contributed by atoms with Crippen LogP contribution in [0.25, 0.3) is 21.9 Å². The molecule has 0 fully saturated rings. The second-order valence-corrected chi connectivity index (χ2v) is 11.3. The molecule has 0 aliphatic heterocycles. The van der Waals surface area contributed by atoms with Crippen LogP contribution in [0, 0.1) is 24.2 Å². The van der Waals surface area contributed by atoms with E-state index in [-0.39, 0.29) is 11.3 Å². The summed E-state index contributed by atoms with van der Waals surface area (Å²) < 4.78 is 6.93. The fraction of sp³-hybridized carbons (Fsp3) is 0.290. The lowest BCUT2D eigenvalue weighted by molar-refractivity contribution is -0.123. The number of nitrogens with zero attached hydrogens (tertiary/aromatic N) is 2. The number of amides is 1. The van der Waals surface area contributed by atoms with Crippen molar-refractivity contribution in [3.8, 4) is 17.2 Å². The molecule has 1 amide bonds. The molecule has 4 aromatic rings.